The third-order valence-electron chi connectivity index (χ3n) is 3.98. The minimum absolute atomic E-state index is 0.0797. The molecule has 0 bridgehead atoms. The largest absolute Gasteiger partial charge is 0.508 e. The molecule has 1 saturated heterocycles. The predicted molar refractivity (Wildman–Crippen MR) is 90.4 cm³/mol. The molecule has 2 aromatic rings. The normalized spacial score (nSPS) is 17.2. The van der Waals surface area contributed by atoms with Crippen molar-refractivity contribution in [3.05, 3.63) is 48.0 Å². The molecule has 1 heterocycles. The average Bonchev–Trinajstić information content (AvgIpc) is 2.82. The Hall–Kier alpha value is -3.02. The van der Waals surface area contributed by atoms with E-state index in [2.05, 4.69) is 5.32 Å². The number of rotatable bonds is 4. The Morgan fingerprint density at radius 2 is 2.00 bits per heavy atom. The molecule has 24 heavy (non-hydrogen) atoms. The molecule has 3 rings (SSSR count). The van der Waals surface area contributed by atoms with Gasteiger partial charge in [0.25, 0.3) is 5.91 Å². The smallest absolute Gasteiger partial charge is 0.256 e. The monoisotopic (exact) mass is 326 g/mol. The highest BCUT2D eigenvalue weighted by molar-refractivity contribution is 6.23. The van der Waals surface area contributed by atoms with Crippen LogP contribution in [0.3, 0.4) is 0 Å². The number of aryl methyl sites for hydroxylation is 1. The lowest BCUT2D eigenvalue weighted by Gasteiger charge is -2.18. The van der Waals surface area contributed by atoms with Crippen molar-refractivity contribution in [1.82, 2.24) is 0 Å². The highest BCUT2D eigenvalue weighted by atomic mass is 16.5. The van der Waals surface area contributed by atoms with E-state index in [0.717, 1.165) is 0 Å². The van der Waals surface area contributed by atoms with Crippen LogP contribution >= 0.6 is 0 Å². The number of aromatic hydroxyl groups is 1. The van der Waals surface area contributed by atoms with Crippen molar-refractivity contribution < 1.29 is 19.4 Å². The Bertz CT molecular complexity index is 803. The first-order valence-electron chi connectivity index (χ1n) is 7.56. The molecule has 1 aliphatic rings. The van der Waals surface area contributed by atoms with Crippen molar-refractivity contribution in [2.24, 2.45) is 0 Å². The molecule has 0 aliphatic carbocycles. The van der Waals surface area contributed by atoms with Crippen LogP contribution in [-0.2, 0) is 9.59 Å². The van der Waals surface area contributed by atoms with E-state index in [1.807, 2.05) is 12.1 Å². The van der Waals surface area contributed by atoms with Gasteiger partial charge in [-0.1, -0.05) is 6.07 Å². The molecular formula is C18H18N2O4. The van der Waals surface area contributed by atoms with E-state index in [1.54, 1.807) is 32.2 Å². The Kier molecular flexibility index (Phi) is 4.12. The SMILES string of the molecule is COc1cccc(NC2CC(=O)N(c3ccc(O)cc3C)C2=O)c1. The summed E-state index contributed by atoms with van der Waals surface area (Å²) in [6, 6.07) is 11.1. The number of carbonyl (C=O) groups excluding carboxylic acids is 2. The lowest BCUT2D eigenvalue weighted by molar-refractivity contribution is -0.121. The molecule has 2 N–H and O–H groups in total. The van der Waals surface area contributed by atoms with Gasteiger partial charge in [0.15, 0.2) is 0 Å². The van der Waals surface area contributed by atoms with Gasteiger partial charge in [-0.25, -0.2) is 4.90 Å². The van der Waals surface area contributed by atoms with Crippen molar-refractivity contribution in [2.45, 2.75) is 19.4 Å². The number of anilines is 2. The second-order valence-corrected chi connectivity index (χ2v) is 5.67. The van der Waals surface area contributed by atoms with Gasteiger partial charge in [-0.15, -0.1) is 0 Å². The Morgan fingerprint density at radius 1 is 1.21 bits per heavy atom. The quantitative estimate of drug-likeness (QED) is 0.844. The summed E-state index contributed by atoms with van der Waals surface area (Å²) in [5, 5.41) is 12.6. The fourth-order valence-electron chi connectivity index (χ4n) is 2.80. The summed E-state index contributed by atoms with van der Waals surface area (Å²) < 4.78 is 5.16. The summed E-state index contributed by atoms with van der Waals surface area (Å²) in [6.45, 7) is 1.75. The third kappa shape index (κ3) is 2.90. The van der Waals surface area contributed by atoms with Crippen LogP contribution < -0.4 is 15.0 Å². The summed E-state index contributed by atoms with van der Waals surface area (Å²) in [7, 11) is 1.57. The van der Waals surface area contributed by atoms with Gasteiger partial charge in [0.05, 0.1) is 19.2 Å². The van der Waals surface area contributed by atoms with Gasteiger partial charge in [-0.05, 0) is 42.8 Å². The number of hydrogen-bond donors (Lipinski definition) is 2. The van der Waals surface area contributed by atoms with Crippen molar-refractivity contribution in [3.8, 4) is 11.5 Å². The van der Waals surface area contributed by atoms with Gasteiger partial charge < -0.3 is 15.2 Å². The van der Waals surface area contributed by atoms with Crippen LogP contribution in [0.4, 0.5) is 11.4 Å². The maximum absolute atomic E-state index is 12.7. The van der Waals surface area contributed by atoms with Crippen LogP contribution in [0.15, 0.2) is 42.5 Å². The molecule has 124 valence electrons. The maximum atomic E-state index is 12.7. The summed E-state index contributed by atoms with van der Waals surface area (Å²) in [6.07, 6.45) is 0.0797. The van der Waals surface area contributed by atoms with E-state index >= 15 is 0 Å². The Balaban J connectivity index is 1.83. The standard InChI is InChI=1S/C18H18N2O4/c1-11-8-13(21)6-7-16(11)20-17(22)10-15(18(20)23)19-12-4-3-5-14(9-12)24-2/h3-9,15,19,21H,10H2,1-2H3. The molecule has 2 amide bonds. The number of nitrogens with zero attached hydrogens (tertiary/aromatic N) is 1. The molecule has 1 fully saturated rings. The summed E-state index contributed by atoms with van der Waals surface area (Å²) >= 11 is 0. The molecule has 0 radical (unpaired) electrons. The van der Waals surface area contributed by atoms with Crippen LogP contribution in [0, 0.1) is 6.92 Å². The first kappa shape index (κ1) is 15.9. The molecule has 1 unspecified atom stereocenters. The Morgan fingerprint density at radius 3 is 2.71 bits per heavy atom. The van der Waals surface area contributed by atoms with Crippen molar-refractivity contribution in [3.63, 3.8) is 0 Å². The van der Waals surface area contributed by atoms with E-state index in [9.17, 15) is 14.7 Å². The molecule has 1 atom stereocenters. The molecule has 6 nitrogen and oxygen atoms in total. The molecular weight excluding hydrogens is 308 g/mol. The number of phenols is 1. The van der Waals surface area contributed by atoms with E-state index < -0.39 is 6.04 Å². The zero-order chi connectivity index (χ0) is 17.3. The fraction of sp³-hybridized carbons (Fsp3) is 0.222. The number of carbonyl (C=O) groups is 2. The molecule has 2 aromatic carbocycles. The van der Waals surface area contributed by atoms with Crippen molar-refractivity contribution in [2.75, 3.05) is 17.3 Å². The van der Waals surface area contributed by atoms with E-state index in [0.29, 0.717) is 22.7 Å². The number of benzene rings is 2. The average molecular weight is 326 g/mol. The number of phenolic OH excluding ortho intramolecular Hbond substituents is 1. The zero-order valence-electron chi connectivity index (χ0n) is 13.4. The first-order chi connectivity index (χ1) is 11.5. The number of ether oxygens (including phenoxy) is 1. The van der Waals surface area contributed by atoms with Gasteiger partial charge in [0.1, 0.15) is 17.5 Å². The van der Waals surface area contributed by atoms with Crippen molar-refractivity contribution >= 4 is 23.2 Å². The van der Waals surface area contributed by atoms with Gasteiger partial charge in [-0.3, -0.25) is 9.59 Å². The summed E-state index contributed by atoms with van der Waals surface area (Å²) in [4.78, 5) is 26.2. The second kappa shape index (κ2) is 6.23. The molecule has 0 spiro atoms. The zero-order valence-corrected chi connectivity index (χ0v) is 13.4. The van der Waals surface area contributed by atoms with Crippen LogP contribution in [0.25, 0.3) is 0 Å². The second-order valence-electron chi connectivity index (χ2n) is 5.67. The predicted octanol–water partition coefficient (Wildman–Crippen LogP) is 2.45. The topological polar surface area (TPSA) is 78.9 Å². The molecule has 6 heteroatoms. The van der Waals surface area contributed by atoms with Gasteiger partial charge in [0, 0.05) is 11.8 Å². The number of hydrogen-bond acceptors (Lipinski definition) is 5. The number of methoxy groups -OCH3 is 1. The van der Waals surface area contributed by atoms with Crippen molar-refractivity contribution in [1.29, 1.82) is 0 Å². The number of imide groups is 1. The number of nitrogens with one attached hydrogen (secondary N) is 1. The van der Waals surface area contributed by atoms with Crippen LogP contribution in [0.1, 0.15) is 12.0 Å². The Labute approximate surface area is 139 Å². The molecule has 1 aliphatic heterocycles. The van der Waals surface area contributed by atoms with E-state index in [1.165, 1.54) is 17.0 Å². The lowest BCUT2D eigenvalue weighted by atomic mass is 10.1. The van der Waals surface area contributed by atoms with Crippen LogP contribution in [0.5, 0.6) is 11.5 Å². The van der Waals surface area contributed by atoms with E-state index in [4.69, 9.17) is 4.74 Å². The minimum Gasteiger partial charge on any atom is -0.508 e. The van der Waals surface area contributed by atoms with Crippen LogP contribution in [-0.4, -0.2) is 30.1 Å². The highest BCUT2D eigenvalue weighted by Crippen LogP contribution is 2.30. The molecule has 0 aromatic heterocycles. The summed E-state index contributed by atoms with van der Waals surface area (Å²) in [5.41, 5.74) is 1.88. The maximum Gasteiger partial charge on any atom is 0.256 e. The lowest BCUT2D eigenvalue weighted by Crippen LogP contribution is -2.35. The summed E-state index contributed by atoms with van der Waals surface area (Å²) in [5.74, 6) is 0.190. The van der Waals surface area contributed by atoms with Gasteiger partial charge >= 0.3 is 0 Å². The fourth-order valence-corrected chi connectivity index (χ4v) is 2.80. The number of amides is 2. The third-order valence-corrected chi connectivity index (χ3v) is 3.98. The van der Waals surface area contributed by atoms with Gasteiger partial charge in [0.2, 0.25) is 5.91 Å². The molecule has 0 saturated carbocycles. The minimum atomic E-state index is -0.627. The highest BCUT2D eigenvalue weighted by Gasteiger charge is 2.40. The first-order valence-corrected chi connectivity index (χ1v) is 7.56. The van der Waals surface area contributed by atoms with Gasteiger partial charge in [-0.2, -0.15) is 0 Å². The van der Waals surface area contributed by atoms with Crippen LogP contribution in [0.2, 0.25) is 0 Å². The van der Waals surface area contributed by atoms with E-state index in [-0.39, 0.29) is 24.0 Å².